The molecule has 5 rings (SSSR count). The maximum atomic E-state index is 12.3. The molecule has 0 bridgehead atoms. The van der Waals surface area contributed by atoms with Gasteiger partial charge in [-0.25, -0.2) is 23.4 Å². The lowest BCUT2D eigenvalue weighted by atomic mass is 9.80. The number of pyridine rings is 1. The van der Waals surface area contributed by atoms with Gasteiger partial charge in [0.25, 0.3) is 0 Å². The smallest absolute Gasteiger partial charge is 0.211 e. The maximum Gasteiger partial charge on any atom is 0.211 e. The lowest BCUT2D eigenvalue weighted by Crippen LogP contribution is -2.52. The van der Waals surface area contributed by atoms with Gasteiger partial charge in [-0.2, -0.15) is 4.31 Å². The van der Waals surface area contributed by atoms with Gasteiger partial charge in [-0.1, -0.05) is 0 Å². The molecule has 170 valence electrons. The van der Waals surface area contributed by atoms with Crippen LogP contribution in [0.4, 0.5) is 5.69 Å². The van der Waals surface area contributed by atoms with Crippen LogP contribution in [0.25, 0.3) is 11.0 Å². The molecule has 3 aromatic heterocycles. The van der Waals surface area contributed by atoms with Crippen molar-refractivity contribution in [3.63, 3.8) is 0 Å². The Balaban J connectivity index is 1.50. The highest BCUT2D eigenvalue weighted by Gasteiger charge is 2.42. The fourth-order valence-corrected chi connectivity index (χ4v) is 7.04. The molecule has 0 aliphatic carbocycles. The largest absolute Gasteiger partial charge is 0.363 e. The molecule has 0 radical (unpaired) electrons. The molecular formula is C23H30N6O2S. The predicted molar refractivity (Wildman–Crippen MR) is 125 cm³/mol. The lowest BCUT2D eigenvalue weighted by Gasteiger charge is -2.44. The summed E-state index contributed by atoms with van der Waals surface area (Å²) in [6.07, 6.45) is 9.13. The molecule has 1 N–H and O–H groups in total. The first-order valence-electron chi connectivity index (χ1n) is 11.1. The topological polar surface area (TPSA) is 95.1 Å². The van der Waals surface area contributed by atoms with E-state index in [1.807, 2.05) is 26.2 Å². The lowest BCUT2D eigenvalue weighted by molar-refractivity contribution is 0.152. The minimum atomic E-state index is -3.24. The highest BCUT2D eigenvalue weighted by atomic mass is 32.2. The molecule has 9 heteroatoms. The van der Waals surface area contributed by atoms with Crippen molar-refractivity contribution < 1.29 is 8.42 Å². The van der Waals surface area contributed by atoms with Crippen LogP contribution in [0.2, 0.25) is 0 Å². The molecular weight excluding hydrogens is 424 g/mol. The maximum absolute atomic E-state index is 12.3. The van der Waals surface area contributed by atoms with Gasteiger partial charge < -0.3 is 9.88 Å². The average Bonchev–Trinajstić information content (AvgIpc) is 3.20. The number of fused-ring (bicyclic) bond motifs is 2. The molecule has 2 aliphatic heterocycles. The molecule has 2 atom stereocenters. The molecule has 8 nitrogen and oxygen atoms in total. The van der Waals surface area contributed by atoms with Crippen molar-refractivity contribution in [2.45, 2.75) is 64.1 Å². The third-order valence-electron chi connectivity index (χ3n) is 7.05. The Morgan fingerprint density at radius 2 is 2.00 bits per heavy atom. The Labute approximate surface area is 189 Å². The summed E-state index contributed by atoms with van der Waals surface area (Å²) in [4.78, 5) is 19.4. The Hall–Kier alpha value is -2.52. The number of sulfonamides is 1. The number of hydrogen-bond donors (Lipinski definition) is 1. The van der Waals surface area contributed by atoms with E-state index in [-0.39, 0.29) is 5.92 Å². The van der Waals surface area contributed by atoms with E-state index in [1.165, 1.54) is 11.8 Å². The fraction of sp³-hybridized carbons (Fsp3) is 0.522. The van der Waals surface area contributed by atoms with Gasteiger partial charge in [0.05, 0.1) is 17.6 Å². The third-order valence-corrected chi connectivity index (χ3v) is 8.53. The molecule has 0 amide bonds. The van der Waals surface area contributed by atoms with Crippen LogP contribution in [0.5, 0.6) is 0 Å². The van der Waals surface area contributed by atoms with Crippen molar-refractivity contribution >= 4 is 26.7 Å². The van der Waals surface area contributed by atoms with Crippen LogP contribution in [-0.4, -0.2) is 57.0 Å². The van der Waals surface area contributed by atoms with Crippen LogP contribution in [0.3, 0.4) is 0 Å². The van der Waals surface area contributed by atoms with E-state index in [1.54, 1.807) is 10.6 Å². The zero-order valence-corrected chi connectivity index (χ0v) is 19.9. The number of nitrogens with one attached hydrogen (secondary N) is 1. The summed E-state index contributed by atoms with van der Waals surface area (Å²) < 4.78 is 26.2. The summed E-state index contributed by atoms with van der Waals surface area (Å²) in [6.45, 7) is 7.52. The van der Waals surface area contributed by atoms with Crippen LogP contribution < -0.4 is 4.90 Å². The van der Waals surface area contributed by atoms with Gasteiger partial charge in [0.2, 0.25) is 10.0 Å². The van der Waals surface area contributed by atoms with Gasteiger partial charge in [0.15, 0.2) is 0 Å². The molecule has 1 unspecified atom stereocenters. The van der Waals surface area contributed by atoms with E-state index in [0.29, 0.717) is 12.6 Å². The normalized spacial score (nSPS) is 23.9. The first-order valence-corrected chi connectivity index (χ1v) is 13.0. The minimum Gasteiger partial charge on any atom is -0.363 e. The van der Waals surface area contributed by atoms with Gasteiger partial charge in [-0.3, -0.25) is 0 Å². The van der Waals surface area contributed by atoms with Crippen LogP contribution in [-0.2, 0) is 23.0 Å². The van der Waals surface area contributed by atoms with E-state index < -0.39 is 15.6 Å². The number of hydrogen-bond acceptors (Lipinski definition) is 6. The molecule has 2 aliphatic rings. The van der Waals surface area contributed by atoms with E-state index in [4.69, 9.17) is 4.98 Å². The van der Waals surface area contributed by atoms with E-state index >= 15 is 0 Å². The van der Waals surface area contributed by atoms with E-state index in [2.05, 4.69) is 38.9 Å². The predicted octanol–water partition coefficient (Wildman–Crippen LogP) is 3.22. The number of aromatic nitrogens is 4. The molecule has 0 saturated carbocycles. The summed E-state index contributed by atoms with van der Waals surface area (Å²) in [5.41, 5.74) is 4.99. The van der Waals surface area contributed by atoms with Crippen LogP contribution in [0, 0.1) is 0 Å². The van der Waals surface area contributed by atoms with E-state index in [0.717, 1.165) is 53.9 Å². The summed E-state index contributed by atoms with van der Waals surface area (Å²) in [6, 6.07) is 4.45. The van der Waals surface area contributed by atoms with Crippen LogP contribution >= 0.6 is 0 Å². The number of nitrogens with zero attached hydrogens (tertiary/aromatic N) is 5. The van der Waals surface area contributed by atoms with Gasteiger partial charge in [-0.05, 0) is 45.7 Å². The highest BCUT2D eigenvalue weighted by molar-refractivity contribution is 7.88. The summed E-state index contributed by atoms with van der Waals surface area (Å²) >= 11 is 0. The van der Waals surface area contributed by atoms with Crippen molar-refractivity contribution in [2.75, 3.05) is 17.7 Å². The van der Waals surface area contributed by atoms with Crippen LogP contribution in [0.1, 0.15) is 56.5 Å². The van der Waals surface area contributed by atoms with Crippen molar-refractivity contribution in [1.82, 2.24) is 24.2 Å². The van der Waals surface area contributed by atoms with Crippen molar-refractivity contribution in [3.8, 4) is 0 Å². The molecule has 0 spiro atoms. The SMILES string of the molecule is C[C@H]1Cc2ncnc(C3CCN(S(C)(=O)=O)C(C)(C)C3)c2CN1c1ccnc2[nH]ccc12. The second-order valence-electron chi connectivity index (χ2n) is 9.77. The Bertz CT molecular complexity index is 1270. The van der Waals surface area contributed by atoms with Gasteiger partial charge in [0, 0.05) is 66.0 Å². The number of H-pyrrole nitrogens is 1. The zero-order valence-electron chi connectivity index (χ0n) is 19.0. The number of piperidine rings is 1. The monoisotopic (exact) mass is 454 g/mol. The zero-order chi connectivity index (χ0) is 22.7. The molecule has 0 aromatic carbocycles. The fourth-order valence-electron chi connectivity index (χ4n) is 5.63. The van der Waals surface area contributed by atoms with Gasteiger partial charge in [-0.15, -0.1) is 0 Å². The Kier molecular flexibility index (Phi) is 5.01. The highest BCUT2D eigenvalue weighted by Crippen LogP contribution is 2.41. The van der Waals surface area contributed by atoms with Crippen molar-refractivity contribution in [2.24, 2.45) is 0 Å². The second kappa shape index (κ2) is 7.52. The van der Waals surface area contributed by atoms with Crippen molar-refractivity contribution in [3.05, 3.63) is 47.8 Å². The number of anilines is 1. The number of aromatic amines is 1. The minimum absolute atomic E-state index is 0.208. The summed E-state index contributed by atoms with van der Waals surface area (Å²) in [5.74, 6) is 0.208. The third kappa shape index (κ3) is 3.57. The number of rotatable bonds is 3. The van der Waals surface area contributed by atoms with Crippen LogP contribution in [0.15, 0.2) is 30.9 Å². The molecule has 1 fully saturated rings. The van der Waals surface area contributed by atoms with Gasteiger partial charge >= 0.3 is 0 Å². The molecule has 3 aromatic rings. The quantitative estimate of drug-likeness (QED) is 0.653. The summed E-state index contributed by atoms with van der Waals surface area (Å²) in [7, 11) is -3.24. The van der Waals surface area contributed by atoms with Crippen molar-refractivity contribution in [1.29, 1.82) is 0 Å². The average molecular weight is 455 g/mol. The Morgan fingerprint density at radius 3 is 2.75 bits per heavy atom. The molecule has 1 saturated heterocycles. The molecule has 32 heavy (non-hydrogen) atoms. The molecule has 5 heterocycles. The van der Waals surface area contributed by atoms with E-state index in [9.17, 15) is 8.42 Å². The Morgan fingerprint density at radius 1 is 1.19 bits per heavy atom. The van der Waals surface area contributed by atoms with Gasteiger partial charge in [0.1, 0.15) is 12.0 Å². The summed E-state index contributed by atoms with van der Waals surface area (Å²) in [5, 5.41) is 1.11. The first kappa shape index (κ1) is 21.3. The first-order chi connectivity index (χ1) is 15.1. The second-order valence-corrected chi connectivity index (χ2v) is 11.7. The standard InChI is InChI=1S/C23H30N6O2S/c1-15-11-19-18(13-28(15)20-6-9-25-22-17(20)5-8-24-22)21(27-14-26-19)16-7-10-29(32(4,30)31)23(2,3)12-16/h5-6,8-9,14-16H,7,10-13H2,1-4H3,(H,24,25)/t15-,16?/m0/s1.